The van der Waals surface area contributed by atoms with Crippen molar-refractivity contribution in [1.82, 2.24) is 5.32 Å². The fourth-order valence-electron chi connectivity index (χ4n) is 1.34. The first-order valence-electron chi connectivity index (χ1n) is 4.28. The van der Waals surface area contributed by atoms with E-state index in [4.69, 9.17) is 0 Å². The number of benzene rings is 1. The van der Waals surface area contributed by atoms with Crippen LogP contribution in [0.3, 0.4) is 0 Å². The number of thioether (sulfide) groups is 1. The molecule has 2 atom stereocenters. The lowest BCUT2D eigenvalue weighted by molar-refractivity contribution is -0.119. The van der Waals surface area contributed by atoms with Crippen LogP contribution in [0.5, 0.6) is 0 Å². The van der Waals surface area contributed by atoms with E-state index in [1.807, 2.05) is 37.3 Å². The third-order valence-corrected chi connectivity index (χ3v) is 3.37. The van der Waals surface area contributed by atoms with Crippen LogP contribution in [-0.2, 0) is 4.79 Å². The number of rotatable bonds is 1. The third kappa shape index (κ3) is 1.70. The predicted octanol–water partition coefficient (Wildman–Crippen LogP) is 1.94. The molecule has 68 valence electrons. The highest BCUT2D eigenvalue weighted by molar-refractivity contribution is 8.01. The van der Waals surface area contributed by atoms with E-state index in [0.717, 1.165) is 0 Å². The maximum Gasteiger partial charge on any atom is 0.234 e. The van der Waals surface area contributed by atoms with E-state index in [9.17, 15) is 4.79 Å². The summed E-state index contributed by atoms with van der Waals surface area (Å²) >= 11 is 1.67. The Labute approximate surface area is 81.7 Å². The van der Waals surface area contributed by atoms with E-state index in [1.54, 1.807) is 11.8 Å². The number of hydrogen-bond acceptors (Lipinski definition) is 2. The summed E-state index contributed by atoms with van der Waals surface area (Å²) in [7, 11) is 0. The zero-order chi connectivity index (χ0) is 9.26. The number of hydrogen-bond donors (Lipinski definition) is 1. The van der Waals surface area contributed by atoms with Gasteiger partial charge in [-0.2, -0.15) is 0 Å². The molecular formula is C10H11NOS. The summed E-state index contributed by atoms with van der Waals surface area (Å²) in [6.45, 7) is 1.93. The molecule has 3 heteroatoms. The van der Waals surface area contributed by atoms with E-state index in [2.05, 4.69) is 5.32 Å². The van der Waals surface area contributed by atoms with Gasteiger partial charge in [0, 0.05) is 0 Å². The summed E-state index contributed by atoms with van der Waals surface area (Å²) in [6, 6.07) is 10.0. The molecule has 1 aliphatic heterocycles. The third-order valence-electron chi connectivity index (χ3n) is 2.09. The Bertz CT molecular complexity index is 312. The van der Waals surface area contributed by atoms with Gasteiger partial charge < -0.3 is 5.32 Å². The largest absolute Gasteiger partial charge is 0.339 e. The zero-order valence-electron chi connectivity index (χ0n) is 7.36. The molecule has 1 aromatic carbocycles. The van der Waals surface area contributed by atoms with Gasteiger partial charge in [-0.15, -0.1) is 11.8 Å². The zero-order valence-corrected chi connectivity index (χ0v) is 8.17. The fraction of sp³-hybridized carbons (Fsp3) is 0.300. The minimum atomic E-state index is 0.0743. The van der Waals surface area contributed by atoms with E-state index >= 15 is 0 Å². The minimum absolute atomic E-state index is 0.0743. The van der Waals surface area contributed by atoms with Crippen LogP contribution in [0.1, 0.15) is 17.9 Å². The Morgan fingerprint density at radius 3 is 2.54 bits per heavy atom. The van der Waals surface area contributed by atoms with Crippen molar-refractivity contribution in [3.05, 3.63) is 35.9 Å². The van der Waals surface area contributed by atoms with Gasteiger partial charge in [-0.1, -0.05) is 30.3 Å². The molecule has 13 heavy (non-hydrogen) atoms. The van der Waals surface area contributed by atoms with Gasteiger partial charge in [0.2, 0.25) is 5.91 Å². The van der Waals surface area contributed by atoms with Crippen LogP contribution in [-0.4, -0.2) is 11.2 Å². The normalized spacial score (nSPS) is 27.3. The van der Waals surface area contributed by atoms with Gasteiger partial charge in [0.05, 0.1) is 5.25 Å². The average molecular weight is 193 g/mol. The molecule has 2 nitrogen and oxygen atoms in total. The van der Waals surface area contributed by atoms with Crippen molar-refractivity contribution < 1.29 is 4.79 Å². The van der Waals surface area contributed by atoms with E-state index in [0.29, 0.717) is 0 Å². The van der Waals surface area contributed by atoms with E-state index < -0.39 is 0 Å². The van der Waals surface area contributed by atoms with Gasteiger partial charge in [0.1, 0.15) is 5.37 Å². The van der Waals surface area contributed by atoms with Gasteiger partial charge in [0.15, 0.2) is 0 Å². The van der Waals surface area contributed by atoms with Crippen LogP contribution in [0.25, 0.3) is 0 Å². The first-order chi connectivity index (χ1) is 6.27. The monoisotopic (exact) mass is 193 g/mol. The number of carbonyl (C=O) groups excluding carboxylic acids is 1. The molecule has 1 amide bonds. The summed E-state index contributed by atoms with van der Waals surface area (Å²) in [6.07, 6.45) is 0. The van der Waals surface area contributed by atoms with Crippen molar-refractivity contribution in [3.63, 3.8) is 0 Å². The first kappa shape index (κ1) is 8.63. The summed E-state index contributed by atoms with van der Waals surface area (Å²) < 4.78 is 0. The first-order valence-corrected chi connectivity index (χ1v) is 5.22. The molecule has 0 spiro atoms. The summed E-state index contributed by atoms with van der Waals surface area (Å²) in [5.74, 6) is 0.138. The highest BCUT2D eigenvalue weighted by atomic mass is 32.2. The lowest BCUT2D eigenvalue weighted by atomic mass is 10.2. The van der Waals surface area contributed by atoms with Crippen molar-refractivity contribution in [2.24, 2.45) is 0 Å². The van der Waals surface area contributed by atoms with Crippen molar-refractivity contribution in [3.8, 4) is 0 Å². The van der Waals surface area contributed by atoms with E-state index in [-0.39, 0.29) is 16.5 Å². The lowest BCUT2D eigenvalue weighted by Gasteiger charge is -2.08. The average Bonchev–Trinajstić information content (AvgIpc) is 2.49. The summed E-state index contributed by atoms with van der Waals surface area (Å²) in [5, 5.41) is 3.16. The van der Waals surface area contributed by atoms with Crippen LogP contribution < -0.4 is 5.32 Å². The molecule has 0 aliphatic carbocycles. The maximum atomic E-state index is 11.2. The summed E-state index contributed by atoms with van der Waals surface area (Å²) in [4.78, 5) is 11.2. The van der Waals surface area contributed by atoms with Crippen LogP contribution in [0.2, 0.25) is 0 Å². The minimum Gasteiger partial charge on any atom is -0.339 e. The number of carbonyl (C=O) groups is 1. The molecule has 0 saturated carbocycles. The van der Waals surface area contributed by atoms with Crippen molar-refractivity contribution in [2.75, 3.05) is 0 Å². The Balaban J connectivity index is 2.17. The van der Waals surface area contributed by atoms with Gasteiger partial charge in [-0.05, 0) is 12.5 Å². The Hall–Kier alpha value is -0.960. The second-order valence-electron chi connectivity index (χ2n) is 3.08. The standard InChI is InChI=1S/C10H11NOS/c1-7-9(12)11-10(13-7)8-5-3-2-4-6-8/h2-7,10H,1H3,(H,11,12). The highest BCUT2D eigenvalue weighted by Crippen LogP contribution is 2.34. The van der Waals surface area contributed by atoms with Crippen LogP contribution in [0.15, 0.2) is 30.3 Å². The maximum absolute atomic E-state index is 11.2. The smallest absolute Gasteiger partial charge is 0.234 e. The molecule has 2 rings (SSSR count). The predicted molar refractivity (Wildman–Crippen MR) is 54.4 cm³/mol. The summed E-state index contributed by atoms with van der Waals surface area (Å²) in [5.41, 5.74) is 1.17. The van der Waals surface area contributed by atoms with Crippen LogP contribution in [0, 0.1) is 0 Å². The molecule has 1 N–H and O–H groups in total. The van der Waals surface area contributed by atoms with Crippen LogP contribution >= 0.6 is 11.8 Å². The molecule has 1 aliphatic rings. The Kier molecular flexibility index (Phi) is 2.27. The number of amides is 1. The van der Waals surface area contributed by atoms with E-state index in [1.165, 1.54) is 5.56 Å². The fourth-order valence-corrected chi connectivity index (χ4v) is 2.43. The SMILES string of the molecule is CC1SC(c2ccccc2)NC1=O. The molecule has 0 radical (unpaired) electrons. The Morgan fingerprint density at radius 1 is 1.31 bits per heavy atom. The quantitative estimate of drug-likeness (QED) is 0.738. The van der Waals surface area contributed by atoms with Crippen molar-refractivity contribution >= 4 is 17.7 Å². The lowest BCUT2D eigenvalue weighted by Crippen LogP contribution is -2.22. The molecule has 1 fully saturated rings. The topological polar surface area (TPSA) is 29.1 Å². The number of nitrogens with one attached hydrogen (secondary N) is 1. The second-order valence-corrected chi connectivity index (χ2v) is 4.53. The molecule has 1 heterocycles. The molecular weight excluding hydrogens is 182 g/mol. The van der Waals surface area contributed by atoms with Gasteiger partial charge >= 0.3 is 0 Å². The van der Waals surface area contributed by atoms with Gasteiger partial charge in [0.25, 0.3) is 0 Å². The Morgan fingerprint density at radius 2 is 2.00 bits per heavy atom. The molecule has 1 aromatic rings. The van der Waals surface area contributed by atoms with Gasteiger partial charge in [-0.25, -0.2) is 0 Å². The van der Waals surface area contributed by atoms with Crippen molar-refractivity contribution in [1.29, 1.82) is 0 Å². The molecule has 1 saturated heterocycles. The second kappa shape index (κ2) is 3.42. The molecule has 0 aromatic heterocycles. The van der Waals surface area contributed by atoms with Crippen LogP contribution in [0.4, 0.5) is 0 Å². The molecule has 2 unspecified atom stereocenters. The van der Waals surface area contributed by atoms with Gasteiger partial charge in [-0.3, -0.25) is 4.79 Å². The molecule has 0 bridgehead atoms. The highest BCUT2D eigenvalue weighted by Gasteiger charge is 2.29. The van der Waals surface area contributed by atoms with Crippen molar-refractivity contribution in [2.45, 2.75) is 17.5 Å².